The minimum atomic E-state index is 1.08. The fourth-order valence-corrected chi connectivity index (χ4v) is 8.98. The molecule has 0 amide bonds. The van der Waals surface area contributed by atoms with E-state index in [0.717, 1.165) is 39.7 Å². The van der Waals surface area contributed by atoms with E-state index in [1.807, 2.05) is 11.3 Å². The van der Waals surface area contributed by atoms with Crippen molar-refractivity contribution in [3.05, 3.63) is 206 Å². The Morgan fingerprint density at radius 3 is 1.51 bits per heavy atom. The molecular weight excluding hydrogens is 661 g/mol. The molecule has 10 aromatic rings. The zero-order valence-corrected chi connectivity index (χ0v) is 29.7. The molecule has 0 unspecified atom stereocenters. The van der Waals surface area contributed by atoms with Crippen LogP contribution in [-0.2, 0) is 0 Å². The third-order valence-corrected chi connectivity index (χ3v) is 11.3. The molecule has 2 nitrogen and oxygen atoms in total. The van der Waals surface area contributed by atoms with E-state index in [9.17, 15) is 0 Å². The van der Waals surface area contributed by atoms with Crippen LogP contribution in [0.4, 0.5) is 34.1 Å². The fraction of sp³-hybridized carbons (Fsp3) is 0. The molecule has 3 heteroatoms. The summed E-state index contributed by atoms with van der Waals surface area (Å²) < 4.78 is 2.57. The molecule has 0 bridgehead atoms. The highest BCUT2D eigenvalue weighted by Gasteiger charge is 2.22. The van der Waals surface area contributed by atoms with E-state index < -0.39 is 0 Å². The summed E-state index contributed by atoms with van der Waals surface area (Å²) in [6.45, 7) is 0. The molecule has 250 valence electrons. The molecule has 1 aromatic heterocycles. The summed E-state index contributed by atoms with van der Waals surface area (Å²) in [6.07, 6.45) is 0. The Hall–Kier alpha value is -6.68. The maximum absolute atomic E-state index is 2.45. The first kappa shape index (κ1) is 31.1. The molecule has 53 heavy (non-hydrogen) atoms. The molecule has 9 aromatic carbocycles. The molecule has 0 N–H and O–H groups in total. The maximum Gasteiger partial charge on any atom is 0.0554 e. The number of benzene rings is 9. The van der Waals surface area contributed by atoms with Crippen molar-refractivity contribution in [2.45, 2.75) is 0 Å². The van der Waals surface area contributed by atoms with Crippen LogP contribution in [0.2, 0.25) is 0 Å². The Morgan fingerprint density at radius 1 is 0.321 bits per heavy atom. The molecule has 0 saturated heterocycles. The lowest BCUT2D eigenvalue weighted by Crippen LogP contribution is -2.13. The number of hydrogen-bond acceptors (Lipinski definition) is 3. The number of fused-ring (bicyclic) bond motifs is 6. The largest absolute Gasteiger partial charge is 0.310 e. The third kappa shape index (κ3) is 5.50. The second kappa shape index (κ2) is 13.1. The van der Waals surface area contributed by atoms with Gasteiger partial charge in [-0.25, -0.2) is 0 Å². The second-order valence-corrected chi connectivity index (χ2v) is 14.4. The summed E-state index contributed by atoms with van der Waals surface area (Å²) in [6, 6.07) is 74.8. The lowest BCUT2D eigenvalue weighted by molar-refractivity contribution is 1.26. The molecule has 0 radical (unpaired) electrons. The number of anilines is 6. The topological polar surface area (TPSA) is 6.48 Å². The van der Waals surface area contributed by atoms with Gasteiger partial charge >= 0.3 is 0 Å². The van der Waals surface area contributed by atoms with Gasteiger partial charge in [0, 0.05) is 48.6 Å². The van der Waals surface area contributed by atoms with Gasteiger partial charge in [0.25, 0.3) is 0 Å². The van der Waals surface area contributed by atoms with Gasteiger partial charge in [-0.1, -0.05) is 127 Å². The van der Waals surface area contributed by atoms with Gasteiger partial charge in [-0.3, -0.25) is 0 Å². The minimum Gasteiger partial charge on any atom is -0.310 e. The molecular formula is C50H34N2S. The number of nitrogens with zero attached hydrogens (tertiary/aromatic N) is 2. The van der Waals surface area contributed by atoms with Gasteiger partial charge in [-0.15, -0.1) is 11.3 Å². The average Bonchev–Trinajstić information content (AvgIpc) is 3.61. The Kier molecular flexibility index (Phi) is 7.71. The van der Waals surface area contributed by atoms with Crippen LogP contribution in [0.5, 0.6) is 0 Å². The summed E-state index contributed by atoms with van der Waals surface area (Å²) >= 11 is 1.85. The Balaban J connectivity index is 1.31. The first-order valence-electron chi connectivity index (χ1n) is 18.0. The van der Waals surface area contributed by atoms with Crippen molar-refractivity contribution < 1.29 is 0 Å². The van der Waals surface area contributed by atoms with Crippen LogP contribution in [0.3, 0.4) is 0 Å². The van der Waals surface area contributed by atoms with Crippen molar-refractivity contribution in [2.75, 3.05) is 9.80 Å². The van der Waals surface area contributed by atoms with Crippen LogP contribution in [0, 0.1) is 0 Å². The number of para-hydroxylation sites is 3. The summed E-state index contributed by atoms with van der Waals surface area (Å²) in [5.41, 5.74) is 8.98. The Bertz CT molecular complexity index is 2860. The quantitative estimate of drug-likeness (QED) is 0.153. The van der Waals surface area contributed by atoms with Gasteiger partial charge in [0.15, 0.2) is 0 Å². The first-order chi connectivity index (χ1) is 26.3. The highest BCUT2D eigenvalue weighted by Crippen LogP contribution is 2.48. The normalized spacial score (nSPS) is 11.4. The van der Waals surface area contributed by atoms with E-state index in [4.69, 9.17) is 0 Å². The van der Waals surface area contributed by atoms with Gasteiger partial charge in [0.1, 0.15) is 0 Å². The maximum atomic E-state index is 2.45. The van der Waals surface area contributed by atoms with E-state index in [1.165, 1.54) is 47.3 Å². The summed E-state index contributed by atoms with van der Waals surface area (Å²) in [7, 11) is 0. The van der Waals surface area contributed by atoms with Gasteiger partial charge in [0.2, 0.25) is 0 Å². The molecule has 1 heterocycles. The lowest BCUT2D eigenvalue weighted by atomic mass is 9.92. The van der Waals surface area contributed by atoms with Crippen LogP contribution < -0.4 is 9.80 Å². The number of thiophene rings is 1. The van der Waals surface area contributed by atoms with Gasteiger partial charge < -0.3 is 9.80 Å². The molecule has 0 aliphatic heterocycles. The van der Waals surface area contributed by atoms with E-state index in [2.05, 4.69) is 216 Å². The SMILES string of the molecule is c1ccc(N(c2ccccc2)c2cc(-c3cc4ccccc4c4ccccc34)cc(N(c3ccccc3)c3cccc4sc5ccccc5c34)c2)cc1. The predicted molar refractivity (Wildman–Crippen MR) is 229 cm³/mol. The number of rotatable bonds is 7. The van der Waals surface area contributed by atoms with Crippen LogP contribution >= 0.6 is 11.3 Å². The van der Waals surface area contributed by atoms with E-state index in [1.54, 1.807) is 0 Å². The molecule has 0 aliphatic rings. The molecule has 0 aliphatic carbocycles. The number of hydrogen-bond donors (Lipinski definition) is 0. The van der Waals surface area contributed by atoms with E-state index in [0.29, 0.717) is 0 Å². The first-order valence-corrected chi connectivity index (χ1v) is 18.8. The molecule has 0 fully saturated rings. The van der Waals surface area contributed by atoms with Crippen LogP contribution in [-0.4, -0.2) is 0 Å². The van der Waals surface area contributed by atoms with Crippen molar-refractivity contribution in [1.82, 2.24) is 0 Å². The standard InChI is InChI=1S/C50H34N2S/c1-4-18-37(19-5-1)51(38-20-6-2-7-21-38)40-31-36(46-33-35-17-10-11-24-42(35)43-25-12-13-26-44(43)46)32-41(34-40)52(39-22-8-3-9-23-39)47-28-16-30-49-50(47)45-27-14-15-29-48(45)53-49/h1-34H. The van der Waals surface area contributed by atoms with Gasteiger partial charge in [0.05, 0.1) is 5.69 Å². The molecule has 0 spiro atoms. The van der Waals surface area contributed by atoms with Crippen molar-refractivity contribution in [1.29, 1.82) is 0 Å². The van der Waals surface area contributed by atoms with Crippen LogP contribution in [0.1, 0.15) is 0 Å². The van der Waals surface area contributed by atoms with Crippen molar-refractivity contribution >= 4 is 87.2 Å². The highest BCUT2D eigenvalue weighted by atomic mass is 32.1. The van der Waals surface area contributed by atoms with E-state index in [-0.39, 0.29) is 0 Å². The van der Waals surface area contributed by atoms with Crippen molar-refractivity contribution in [2.24, 2.45) is 0 Å². The van der Waals surface area contributed by atoms with Gasteiger partial charge in [-0.2, -0.15) is 0 Å². The Labute approximate surface area is 313 Å². The second-order valence-electron chi connectivity index (χ2n) is 13.4. The lowest BCUT2D eigenvalue weighted by Gasteiger charge is -2.31. The summed E-state index contributed by atoms with van der Waals surface area (Å²) in [5, 5.41) is 7.52. The predicted octanol–water partition coefficient (Wildman–Crippen LogP) is 15.0. The van der Waals surface area contributed by atoms with Crippen LogP contribution in [0.25, 0.3) is 52.8 Å². The Morgan fingerprint density at radius 2 is 0.830 bits per heavy atom. The van der Waals surface area contributed by atoms with Crippen molar-refractivity contribution in [3.8, 4) is 11.1 Å². The monoisotopic (exact) mass is 694 g/mol. The van der Waals surface area contributed by atoms with Crippen molar-refractivity contribution in [3.63, 3.8) is 0 Å². The highest BCUT2D eigenvalue weighted by molar-refractivity contribution is 7.26. The van der Waals surface area contributed by atoms with Gasteiger partial charge in [-0.05, 0) is 112 Å². The summed E-state index contributed by atoms with van der Waals surface area (Å²) in [4.78, 5) is 4.83. The van der Waals surface area contributed by atoms with E-state index >= 15 is 0 Å². The summed E-state index contributed by atoms with van der Waals surface area (Å²) in [5.74, 6) is 0. The third-order valence-electron chi connectivity index (χ3n) is 10.2. The molecule has 0 atom stereocenters. The zero-order chi connectivity index (χ0) is 35.1. The smallest absolute Gasteiger partial charge is 0.0554 e. The zero-order valence-electron chi connectivity index (χ0n) is 28.9. The molecule has 10 rings (SSSR count). The van der Waals surface area contributed by atoms with Crippen LogP contribution in [0.15, 0.2) is 206 Å². The fourth-order valence-electron chi connectivity index (χ4n) is 7.85. The average molecular weight is 695 g/mol. The molecule has 0 saturated carbocycles. The minimum absolute atomic E-state index is 1.08.